The first-order chi connectivity index (χ1) is 15.2. The van der Waals surface area contributed by atoms with Crippen molar-refractivity contribution in [3.05, 3.63) is 18.5 Å². The Balaban J connectivity index is 0.00000385. The molecule has 0 atom stereocenters. The van der Waals surface area contributed by atoms with Crippen molar-refractivity contribution >= 4 is 47.9 Å². The summed E-state index contributed by atoms with van der Waals surface area (Å²) < 4.78 is 5.41. The number of hydrogen-bond donors (Lipinski definition) is 1. The molecule has 0 aliphatic carbocycles. The Morgan fingerprint density at radius 3 is 2.09 bits per heavy atom. The lowest BCUT2D eigenvalue weighted by molar-refractivity contribution is -0.131. The average Bonchev–Trinajstić information content (AvgIpc) is 2.78. The fourth-order valence-electron chi connectivity index (χ4n) is 3.58. The van der Waals surface area contributed by atoms with Crippen LogP contribution in [0.4, 0.5) is 10.7 Å². The molecule has 3 rings (SSSR count). The summed E-state index contributed by atoms with van der Waals surface area (Å²) in [5.41, 5.74) is 5.60. The maximum Gasteiger partial charge on any atom is 0.410 e. The van der Waals surface area contributed by atoms with Gasteiger partial charge in [-0.05, 0) is 26.8 Å². The van der Waals surface area contributed by atoms with Crippen LogP contribution in [0.3, 0.4) is 0 Å². The Bertz CT molecular complexity index is 801. The van der Waals surface area contributed by atoms with E-state index in [0.717, 1.165) is 0 Å². The van der Waals surface area contributed by atoms with Crippen LogP contribution >= 0.6 is 24.0 Å². The quantitative estimate of drug-likeness (QED) is 0.322. The highest BCUT2D eigenvalue weighted by atomic mass is 127. The molecule has 1 aromatic heterocycles. The molecule has 11 nitrogen and oxygen atoms in total. The van der Waals surface area contributed by atoms with Gasteiger partial charge in [-0.25, -0.2) is 14.8 Å². The van der Waals surface area contributed by atoms with Crippen molar-refractivity contribution in [3.63, 3.8) is 0 Å². The molecule has 2 aliphatic rings. The lowest BCUT2D eigenvalue weighted by Gasteiger charge is -2.36. The highest BCUT2D eigenvalue weighted by Gasteiger charge is 2.26. The number of aromatic nitrogens is 2. The van der Waals surface area contributed by atoms with Crippen molar-refractivity contribution in [2.24, 2.45) is 10.7 Å². The zero-order valence-corrected chi connectivity index (χ0v) is 22.0. The van der Waals surface area contributed by atoms with Gasteiger partial charge in [0.2, 0.25) is 11.9 Å². The summed E-state index contributed by atoms with van der Waals surface area (Å²) in [5, 5.41) is 0. The summed E-state index contributed by atoms with van der Waals surface area (Å²) in [6.45, 7) is 10.8. The Kier molecular flexibility index (Phi) is 9.92. The van der Waals surface area contributed by atoms with Crippen LogP contribution in [0.5, 0.6) is 0 Å². The number of amides is 2. The second-order valence-electron chi connectivity index (χ2n) is 8.86. The number of carbonyl (C=O) groups excluding carboxylic acids is 2. The van der Waals surface area contributed by atoms with Gasteiger partial charge in [0.05, 0.1) is 6.54 Å². The van der Waals surface area contributed by atoms with Gasteiger partial charge in [0.1, 0.15) is 5.60 Å². The van der Waals surface area contributed by atoms with Crippen molar-refractivity contribution in [3.8, 4) is 0 Å². The maximum absolute atomic E-state index is 12.5. The Labute approximate surface area is 212 Å². The van der Waals surface area contributed by atoms with E-state index in [9.17, 15) is 9.59 Å². The summed E-state index contributed by atoms with van der Waals surface area (Å²) in [5.74, 6) is 1.18. The third kappa shape index (κ3) is 8.16. The fraction of sp³-hybridized carbons (Fsp3) is 0.667. The summed E-state index contributed by atoms with van der Waals surface area (Å²) in [6, 6.07) is 1.79. The van der Waals surface area contributed by atoms with Crippen LogP contribution < -0.4 is 10.6 Å². The van der Waals surface area contributed by atoms with Crippen LogP contribution in [0.25, 0.3) is 0 Å². The van der Waals surface area contributed by atoms with Crippen LogP contribution in [-0.4, -0.2) is 107 Å². The molecule has 184 valence electrons. The van der Waals surface area contributed by atoms with Gasteiger partial charge in [-0.15, -0.1) is 24.0 Å². The van der Waals surface area contributed by atoms with Crippen LogP contribution in [0.2, 0.25) is 0 Å². The van der Waals surface area contributed by atoms with E-state index in [1.165, 1.54) is 0 Å². The monoisotopic (exact) mass is 574 g/mol. The molecule has 1 aromatic rings. The number of carbonyl (C=O) groups is 2. The standard InChI is InChI=1S/C21H34N8O3.HI/c1-21(2,3)32-20(31)29-15-11-27(12-16-29)18(22)23-8-5-17(30)26-9-13-28(14-10-26)19-24-6-4-7-25-19;/h4,6-7H,5,8-16H2,1-3H3,(H2,22,23);1H. The molecule has 0 bridgehead atoms. The number of guanidine groups is 1. The summed E-state index contributed by atoms with van der Waals surface area (Å²) >= 11 is 0. The highest BCUT2D eigenvalue weighted by molar-refractivity contribution is 14.0. The number of anilines is 1. The van der Waals surface area contributed by atoms with Gasteiger partial charge in [-0.3, -0.25) is 9.79 Å². The molecule has 3 heterocycles. The maximum atomic E-state index is 12.5. The molecule has 0 unspecified atom stereocenters. The summed E-state index contributed by atoms with van der Waals surface area (Å²) in [4.78, 5) is 45.1. The van der Waals surface area contributed by atoms with Gasteiger partial charge in [0.15, 0.2) is 5.96 Å². The predicted molar refractivity (Wildman–Crippen MR) is 137 cm³/mol. The number of rotatable bonds is 4. The molecule has 0 spiro atoms. The Morgan fingerprint density at radius 2 is 1.52 bits per heavy atom. The van der Waals surface area contributed by atoms with Gasteiger partial charge >= 0.3 is 6.09 Å². The van der Waals surface area contributed by atoms with E-state index in [2.05, 4.69) is 19.9 Å². The molecule has 2 saturated heterocycles. The third-order valence-electron chi connectivity index (χ3n) is 5.32. The first-order valence-electron chi connectivity index (χ1n) is 11.1. The first-order valence-corrected chi connectivity index (χ1v) is 11.1. The number of nitrogens with zero attached hydrogens (tertiary/aromatic N) is 7. The second-order valence-corrected chi connectivity index (χ2v) is 8.86. The van der Waals surface area contributed by atoms with E-state index in [4.69, 9.17) is 10.5 Å². The van der Waals surface area contributed by atoms with Crippen molar-refractivity contribution in [1.82, 2.24) is 24.7 Å². The van der Waals surface area contributed by atoms with E-state index in [0.29, 0.717) is 77.2 Å². The lowest BCUT2D eigenvalue weighted by Crippen LogP contribution is -2.53. The van der Waals surface area contributed by atoms with Gasteiger partial charge in [0.25, 0.3) is 0 Å². The summed E-state index contributed by atoms with van der Waals surface area (Å²) in [6.07, 6.45) is 3.46. The fourth-order valence-corrected chi connectivity index (χ4v) is 3.58. The number of nitrogens with two attached hydrogens (primary N) is 1. The van der Waals surface area contributed by atoms with Crippen LogP contribution in [-0.2, 0) is 9.53 Å². The van der Waals surface area contributed by atoms with Gasteiger partial charge in [-0.1, -0.05) is 0 Å². The minimum Gasteiger partial charge on any atom is -0.444 e. The molecule has 2 fully saturated rings. The van der Waals surface area contributed by atoms with E-state index < -0.39 is 5.60 Å². The molecule has 0 aromatic carbocycles. The minimum atomic E-state index is -0.511. The molecular formula is C21H35IN8O3. The third-order valence-corrected chi connectivity index (χ3v) is 5.32. The second kappa shape index (κ2) is 12.2. The number of piperazine rings is 2. The Morgan fingerprint density at radius 1 is 0.970 bits per heavy atom. The number of hydrogen-bond acceptors (Lipinski definition) is 7. The molecule has 2 N–H and O–H groups in total. The van der Waals surface area contributed by atoms with Crippen LogP contribution in [0.1, 0.15) is 27.2 Å². The molecule has 0 saturated carbocycles. The van der Waals surface area contributed by atoms with Crippen LogP contribution in [0, 0.1) is 0 Å². The van der Waals surface area contributed by atoms with Gasteiger partial charge in [-0.2, -0.15) is 0 Å². The Hall–Kier alpha value is -2.38. The smallest absolute Gasteiger partial charge is 0.410 e. The van der Waals surface area contributed by atoms with Gasteiger partial charge < -0.3 is 30.1 Å². The normalized spacial score (nSPS) is 17.5. The van der Waals surface area contributed by atoms with Crippen molar-refractivity contribution in [2.45, 2.75) is 32.8 Å². The zero-order chi connectivity index (χ0) is 23.1. The molecule has 0 radical (unpaired) electrons. The molecule has 2 amide bonds. The van der Waals surface area contributed by atoms with E-state index in [-0.39, 0.29) is 36.0 Å². The largest absolute Gasteiger partial charge is 0.444 e. The zero-order valence-electron chi connectivity index (χ0n) is 19.6. The first kappa shape index (κ1) is 26.9. The molecule has 12 heteroatoms. The average molecular weight is 574 g/mol. The van der Waals surface area contributed by atoms with Crippen molar-refractivity contribution < 1.29 is 14.3 Å². The van der Waals surface area contributed by atoms with E-state index >= 15 is 0 Å². The SMILES string of the molecule is CC(C)(C)OC(=O)N1CCN(C(N)=NCCC(=O)N2CCN(c3ncccn3)CC2)CC1.I. The van der Waals surface area contributed by atoms with Crippen molar-refractivity contribution in [2.75, 3.05) is 63.8 Å². The van der Waals surface area contributed by atoms with Gasteiger partial charge in [0, 0.05) is 71.2 Å². The topological polar surface area (TPSA) is 120 Å². The van der Waals surface area contributed by atoms with E-state index in [1.54, 1.807) is 23.4 Å². The number of aliphatic imine (C=N–C) groups is 1. The highest BCUT2D eigenvalue weighted by Crippen LogP contribution is 2.12. The summed E-state index contributed by atoms with van der Waals surface area (Å²) in [7, 11) is 0. The lowest BCUT2D eigenvalue weighted by atomic mass is 10.2. The number of halogens is 1. The molecule has 33 heavy (non-hydrogen) atoms. The van der Waals surface area contributed by atoms with Crippen molar-refractivity contribution in [1.29, 1.82) is 0 Å². The van der Waals surface area contributed by atoms with Crippen LogP contribution in [0.15, 0.2) is 23.5 Å². The predicted octanol–water partition coefficient (Wildman–Crippen LogP) is 1.00. The number of ether oxygens (including phenoxy) is 1. The molecular weight excluding hydrogens is 539 g/mol. The van der Waals surface area contributed by atoms with E-state index in [1.807, 2.05) is 30.6 Å². The molecule has 2 aliphatic heterocycles. The minimum absolute atomic E-state index is 0.